The van der Waals surface area contributed by atoms with Crippen molar-refractivity contribution in [1.29, 1.82) is 0 Å². The van der Waals surface area contributed by atoms with E-state index < -0.39 is 15.5 Å². The molecule has 0 radical (unpaired) electrons. The Morgan fingerprint density at radius 2 is 2.00 bits per heavy atom. The monoisotopic (exact) mass is 206 g/mol. The van der Waals surface area contributed by atoms with Crippen molar-refractivity contribution in [2.24, 2.45) is 11.8 Å². The summed E-state index contributed by atoms with van der Waals surface area (Å²) in [6.07, 6.45) is 2.63. The largest absolute Gasteiger partial charge is 0.369 e. The van der Waals surface area contributed by atoms with E-state index in [0.29, 0.717) is 12.3 Å². The molecular weight excluding hydrogens is 195 g/mol. The Bertz CT molecular complexity index is 339. The Labute approximate surface area is 76.5 Å². The van der Waals surface area contributed by atoms with Crippen LogP contribution in [0.5, 0.6) is 0 Å². The van der Waals surface area contributed by atoms with Crippen LogP contribution in [0.4, 0.5) is 3.89 Å². The van der Waals surface area contributed by atoms with Crippen LogP contribution in [-0.4, -0.2) is 25.9 Å². The smallest absolute Gasteiger partial charge is 0.305 e. The van der Waals surface area contributed by atoms with E-state index in [1.807, 2.05) is 0 Å². The van der Waals surface area contributed by atoms with Crippen molar-refractivity contribution in [3.05, 3.63) is 0 Å². The van der Waals surface area contributed by atoms with Gasteiger partial charge in [-0.2, -0.15) is 8.42 Å². The Hall–Kier alpha value is -0.160. The zero-order valence-corrected chi connectivity index (χ0v) is 7.84. The molecule has 0 N–H and O–H groups in total. The molecule has 0 amide bonds. The van der Waals surface area contributed by atoms with Crippen molar-refractivity contribution in [3.8, 4) is 0 Å². The molecule has 1 aliphatic heterocycles. The van der Waals surface area contributed by atoms with E-state index in [0.717, 1.165) is 12.8 Å². The van der Waals surface area contributed by atoms with Gasteiger partial charge in [0.05, 0.1) is 17.5 Å². The highest BCUT2D eigenvalue weighted by Gasteiger charge is 2.62. The van der Waals surface area contributed by atoms with Gasteiger partial charge in [0.1, 0.15) is 0 Å². The highest BCUT2D eigenvalue weighted by atomic mass is 32.3. The second-order valence-electron chi connectivity index (χ2n) is 4.32. The van der Waals surface area contributed by atoms with Gasteiger partial charge in [-0.3, -0.25) is 0 Å². The fourth-order valence-electron chi connectivity index (χ4n) is 3.04. The number of hydrogen-bond acceptors (Lipinski definition) is 3. The summed E-state index contributed by atoms with van der Waals surface area (Å²) in [5, 5.41) is -0.769. The summed E-state index contributed by atoms with van der Waals surface area (Å²) in [6.45, 7) is 0. The van der Waals surface area contributed by atoms with Crippen LogP contribution in [-0.2, 0) is 15.0 Å². The van der Waals surface area contributed by atoms with Crippen LogP contribution in [0.25, 0.3) is 0 Å². The molecule has 0 spiro atoms. The number of ether oxygens (including phenoxy) is 1. The van der Waals surface area contributed by atoms with Crippen molar-refractivity contribution < 1.29 is 17.0 Å². The molecule has 5 heteroatoms. The van der Waals surface area contributed by atoms with Gasteiger partial charge in [0.25, 0.3) is 0 Å². The molecule has 0 aromatic heterocycles. The lowest BCUT2D eigenvalue weighted by Crippen LogP contribution is -2.44. The summed E-state index contributed by atoms with van der Waals surface area (Å²) in [5.41, 5.74) is 0. The van der Waals surface area contributed by atoms with E-state index in [2.05, 4.69) is 0 Å². The quantitative estimate of drug-likeness (QED) is 0.472. The Balaban J connectivity index is 1.94. The van der Waals surface area contributed by atoms with Crippen molar-refractivity contribution in [3.63, 3.8) is 0 Å². The molecule has 3 nitrogen and oxygen atoms in total. The summed E-state index contributed by atoms with van der Waals surface area (Å²) in [4.78, 5) is 0. The van der Waals surface area contributed by atoms with Gasteiger partial charge in [-0.15, -0.1) is 3.89 Å². The minimum absolute atomic E-state index is 0.0584. The lowest BCUT2D eigenvalue weighted by Gasteiger charge is -2.36. The molecule has 1 saturated heterocycles. The number of hydrogen-bond donors (Lipinski definition) is 0. The van der Waals surface area contributed by atoms with Gasteiger partial charge in [0.15, 0.2) is 0 Å². The third-order valence-electron chi connectivity index (χ3n) is 3.69. The van der Waals surface area contributed by atoms with E-state index >= 15 is 0 Å². The second-order valence-corrected chi connectivity index (χ2v) is 5.87. The Morgan fingerprint density at radius 3 is 2.62 bits per heavy atom. The van der Waals surface area contributed by atoms with E-state index in [9.17, 15) is 12.3 Å². The predicted octanol–water partition coefficient (Wildman–Crippen LogP) is 0.852. The van der Waals surface area contributed by atoms with Crippen LogP contribution in [0.15, 0.2) is 0 Å². The van der Waals surface area contributed by atoms with Gasteiger partial charge in [-0.25, -0.2) is 0 Å². The molecule has 4 fully saturated rings. The molecule has 0 aromatic rings. The molecule has 0 aromatic carbocycles. The average Bonchev–Trinajstić information content (AvgIpc) is 2.82. The average molecular weight is 206 g/mol. The first-order valence-electron chi connectivity index (χ1n) is 4.66. The minimum Gasteiger partial charge on any atom is -0.369 e. The first kappa shape index (κ1) is 8.17. The summed E-state index contributed by atoms with van der Waals surface area (Å²) in [5.74, 6) is 0.232. The number of rotatable bonds is 1. The van der Waals surface area contributed by atoms with E-state index in [4.69, 9.17) is 4.74 Å². The first-order chi connectivity index (χ1) is 6.07. The van der Waals surface area contributed by atoms with E-state index in [1.54, 1.807) is 0 Å². The zero-order valence-electron chi connectivity index (χ0n) is 7.02. The van der Waals surface area contributed by atoms with Crippen LogP contribution in [0.1, 0.15) is 19.3 Å². The predicted molar refractivity (Wildman–Crippen MR) is 43.3 cm³/mol. The van der Waals surface area contributed by atoms with Crippen molar-refractivity contribution in [2.75, 3.05) is 0 Å². The van der Waals surface area contributed by atoms with Gasteiger partial charge in [0.2, 0.25) is 0 Å². The number of epoxide rings is 1. The fourth-order valence-corrected chi connectivity index (χ4v) is 4.23. The maximum absolute atomic E-state index is 12.8. The first-order valence-corrected chi connectivity index (χ1v) is 6.11. The molecule has 4 aliphatic rings. The normalized spacial score (nSPS) is 53.2. The van der Waals surface area contributed by atoms with Crippen molar-refractivity contribution >= 4 is 10.2 Å². The molecule has 0 unspecified atom stereocenters. The molecule has 4 rings (SSSR count). The maximum atomic E-state index is 12.8. The molecule has 74 valence electrons. The highest BCUT2D eigenvalue weighted by Crippen LogP contribution is 2.54. The van der Waals surface area contributed by atoms with Crippen molar-refractivity contribution in [2.45, 2.75) is 36.7 Å². The Kier molecular flexibility index (Phi) is 1.42. The van der Waals surface area contributed by atoms with Crippen LogP contribution in [0.2, 0.25) is 0 Å². The van der Waals surface area contributed by atoms with Crippen LogP contribution in [0.3, 0.4) is 0 Å². The lowest BCUT2D eigenvalue weighted by molar-refractivity contribution is 0.218. The molecule has 2 bridgehead atoms. The maximum Gasteiger partial charge on any atom is 0.305 e. The standard InChI is InChI=1S/C8H11FO3S/c9-13(10,11)6-3-4-1-2-5(6)8-7(4)12-8/h4-8H,1-3H2/t4-,5-,6-,7+,8+/m1/s1. The van der Waals surface area contributed by atoms with Crippen molar-refractivity contribution in [1.82, 2.24) is 0 Å². The van der Waals surface area contributed by atoms with Crippen LogP contribution >= 0.6 is 0 Å². The molecule has 13 heavy (non-hydrogen) atoms. The molecule has 5 atom stereocenters. The zero-order chi connectivity index (χ0) is 9.22. The molecule has 1 heterocycles. The highest BCUT2D eigenvalue weighted by molar-refractivity contribution is 7.87. The molecule has 3 aliphatic carbocycles. The van der Waals surface area contributed by atoms with E-state index in [-0.39, 0.29) is 18.1 Å². The van der Waals surface area contributed by atoms with Crippen LogP contribution < -0.4 is 0 Å². The lowest BCUT2D eigenvalue weighted by atomic mass is 9.70. The molecular formula is C8H11FO3S. The number of fused-ring (bicyclic) bond motifs is 2. The fraction of sp³-hybridized carbons (Fsp3) is 1.00. The van der Waals surface area contributed by atoms with Crippen LogP contribution in [0, 0.1) is 11.8 Å². The Morgan fingerprint density at radius 1 is 1.23 bits per heavy atom. The summed E-state index contributed by atoms with van der Waals surface area (Å²) in [6, 6.07) is 0. The van der Waals surface area contributed by atoms with Gasteiger partial charge in [-0.05, 0) is 25.2 Å². The minimum atomic E-state index is -4.34. The molecule has 3 saturated carbocycles. The van der Waals surface area contributed by atoms with Gasteiger partial charge in [0, 0.05) is 5.92 Å². The van der Waals surface area contributed by atoms with Gasteiger partial charge < -0.3 is 4.74 Å². The number of halogens is 1. The second kappa shape index (κ2) is 2.25. The summed E-state index contributed by atoms with van der Waals surface area (Å²) < 4.78 is 39.8. The topological polar surface area (TPSA) is 46.7 Å². The summed E-state index contributed by atoms with van der Waals surface area (Å²) >= 11 is 0. The van der Waals surface area contributed by atoms with Gasteiger partial charge in [-0.1, -0.05) is 0 Å². The van der Waals surface area contributed by atoms with E-state index in [1.165, 1.54) is 0 Å². The third-order valence-corrected chi connectivity index (χ3v) is 4.96. The third kappa shape index (κ3) is 1.06. The SMILES string of the molecule is O=S(=O)(F)[C@@H]1C[C@H]2CC[C@H]1[C@@H]1O[C@@H]21. The van der Waals surface area contributed by atoms with Gasteiger partial charge >= 0.3 is 10.2 Å². The summed E-state index contributed by atoms with van der Waals surface area (Å²) in [7, 11) is -4.34.